The van der Waals surface area contributed by atoms with Crippen molar-refractivity contribution in [2.24, 2.45) is 0 Å². The highest BCUT2D eigenvalue weighted by molar-refractivity contribution is 5.84. The summed E-state index contributed by atoms with van der Waals surface area (Å²) < 4.78 is 37.7. The fourth-order valence-corrected chi connectivity index (χ4v) is 3.86. The molecule has 0 aromatic heterocycles. The molecule has 0 bridgehead atoms. The van der Waals surface area contributed by atoms with E-state index in [-0.39, 0.29) is 18.5 Å². The number of rotatable bonds is 5. The van der Waals surface area contributed by atoms with Gasteiger partial charge < -0.3 is 4.90 Å². The molecule has 3 rings (SSSR count). The first-order valence-electron chi connectivity index (χ1n) is 8.67. The summed E-state index contributed by atoms with van der Waals surface area (Å²) in [7, 11) is 1.87. The molecule has 4 nitrogen and oxygen atoms in total. The van der Waals surface area contributed by atoms with Crippen molar-refractivity contribution in [3.8, 4) is 0 Å². The van der Waals surface area contributed by atoms with Gasteiger partial charge in [0.2, 0.25) is 5.91 Å². The molecule has 0 saturated carbocycles. The number of carbonyl (C=O) groups is 1. The molecule has 2 aliphatic rings. The zero-order chi connectivity index (χ0) is 18.0. The highest BCUT2D eigenvalue weighted by Crippen LogP contribution is 2.26. The van der Waals surface area contributed by atoms with Crippen LogP contribution in [-0.4, -0.2) is 72.1 Å². The van der Waals surface area contributed by atoms with Crippen molar-refractivity contribution in [1.82, 2.24) is 14.7 Å². The summed E-state index contributed by atoms with van der Waals surface area (Å²) in [5.74, 6) is -0.388. The van der Waals surface area contributed by atoms with Gasteiger partial charge >= 0.3 is 6.18 Å². The Hall–Kier alpha value is -1.60. The lowest BCUT2D eigenvalue weighted by Gasteiger charge is -2.29. The minimum Gasteiger partial charge on any atom is -0.332 e. The van der Waals surface area contributed by atoms with E-state index < -0.39 is 18.8 Å². The third-order valence-corrected chi connectivity index (χ3v) is 5.20. The van der Waals surface area contributed by atoms with Crippen LogP contribution >= 0.6 is 0 Å². The molecular formula is C18H24F3N3O. The first kappa shape index (κ1) is 18.2. The van der Waals surface area contributed by atoms with Crippen LogP contribution in [0.25, 0.3) is 0 Å². The van der Waals surface area contributed by atoms with Crippen molar-refractivity contribution < 1.29 is 18.0 Å². The maximum atomic E-state index is 12.6. The van der Waals surface area contributed by atoms with Gasteiger partial charge in [-0.3, -0.25) is 14.6 Å². The fraction of sp³-hybridized carbons (Fsp3) is 0.611. The molecule has 2 fully saturated rings. The van der Waals surface area contributed by atoms with Gasteiger partial charge in [-0.15, -0.1) is 0 Å². The van der Waals surface area contributed by atoms with Crippen molar-refractivity contribution >= 4 is 5.91 Å². The molecular weight excluding hydrogens is 331 g/mol. The van der Waals surface area contributed by atoms with Gasteiger partial charge in [0.25, 0.3) is 0 Å². The van der Waals surface area contributed by atoms with E-state index in [4.69, 9.17) is 0 Å². The molecule has 2 unspecified atom stereocenters. The van der Waals surface area contributed by atoms with Gasteiger partial charge in [-0.1, -0.05) is 30.3 Å². The van der Waals surface area contributed by atoms with E-state index in [1.807, 2.05) is 30.1 Å². The number of benzene rings is 1. The van der Waals surface area contributed by atoms with Crippen LogP contribution < -0.4 is 0 Å². The second kappa shape index (κ2) is 7.33. The maximum absolute atomic E-state index is 12.6. The molecule has 0 radical (unpaired) electrons. The Morgan fingerprint density at radius 1 is 1.16 bits per heavy atom. The lowest BCUT2D eigenvalue weighted by Crippen LogP contribution is -2.47. The Bertz CT molecular complexity index is 593. The molecule has 2 atom stereocenters. The third-order valence-electron chi connectivity index (χ3n) is 5.20. The van der Waals surface area contributed by atoms with Crippen LogP contribution in [0.15, 0.2) is 30.3 Å². The van der Waals surface area contributed by atoms with Crippen LogP contribution in [0.1, 0.15) is 18.4 Å². The molecule has 138 valence electrons. The quantitative estimate of drug-likeness (QED) is 0.811. The first-order chi connectivity index (χ1) is 11.8. The van der Waals surface area contributed by atoms with Gasteiger partial charge in [-0.05, 0) is 25.5 Å². The third kappa shape index (κ3) is 4.52. The molecule has 7 heteroatoms. The van der Waals surface area contributed by atoms with Crippen molar-refractivity contribution in [2.75, 3.05) is 33.2 Å². The van der Waals surface area contributed by atoms with Gasteiger partial charge in [0, 0.05) is 32.2 Å². The first-order valence-corrected chi connectivity index (χ1v) is 8.67. The van der Waals surface area contributed by atoms with Gasteiger partial charge in [-0.25, -0.2) is 0 Å². The van der Waals surface area contributed by atoms with E-state index >= 15 is 0 Å². The normalized spacial score (nSPS) is 25.3. The molecule has 2 aliphatic heterocycles. The van der Waals surface area contributed by atoms with Gasteiger partial charge in [0.15, 0.2) is 0 Å². The lowest BCUT2D eigenvalue weighted by atomic mass is 10.1. The van der Waals surface area contributed by atoms with Crippen molar-refractivity contribution in [2.45, 2.75) is 37.6 Å². The number of likely N-dealkylation sites (N-methyl/N-ethyl adjacent to an activating group) is 1. The zero-order valence-electron chi connectivity index (χ0n) is 14.4. The SMILES string of the molecule is CN(C1CCN(Cc2ccccc2)C1)C1CCN(CC(F)(F)F)C1=O. The smallest absolute Gasteiger partial charge is 0.332 e. The van der Waals surface area contributed by atoms with E-state index in [1.54, 1.807) is 0 Å². The number of halogens is 3. The molecule has 0 aliphatic carbocycles. The summed E-state index contributed by atoms with van der Waals surface area (Å²) >= 11 is 0. The minimum absolute atomic E-state index is 0.188. The molecule has 2 heterocycles. The van der Waals surface area contributed by atoms with Crippen LogP contribution in [0.4, 0.5) is 13.2 Å². The molecule has 25 heavy (non-hydrogen) atoms. The molecule has 0 N–H and O–H groups in total. The average Bonchev–Trinajstić information content (AvgIpc) is 3.14. The topological polar surface area (TPSA) is 26.8 Å². The van der Waals surface area contributed by atoms with Gasteiger partial charge in [-0.2, -0.15) is 13.2 Å². The summed E-state index contributed by atoms with van der Waals surface area (Å²) in [4.78, 5) is 17.6. The predicted molar refractivity (Wildman–Crippen MR) is 88.9 cm³/mol. The van der Waals surface area contributed by atoms with E-state index in [2.05, 4.69) is 17.0 Å². The highest BCUT2D eigenvalue weighted by atomic mass is 19.4. The van der Waals surface area contributed by atoms with Crippen LogP contribution in [-0.2, 0) is 11.3 Å². The number of carbonyl (C=O) groups excluding carboxylic acids is 1. The van der Waals surface area contributed by atoms with Crippen molar-refractivity contribution in [3.05, 3.63) is 35.9 Å². The van der Waals surface area contributed by atoms with Crippen LogP contribution in [0.5, 0.6) is 0 Å². The minimum atomic E-state index is -4.33. The number of hydrogen-bond donors (Lipinski definition) is 0. The van der Waals surface area contributed by atoms with E-state index in [0.717, 1.165) is 31.0 Å². The Balaban J connectivity index is 1.54. The number of alkyl halides is 3. The molecule has 0 spiro atoms. The average molecular weight is 355 g/mol. The summed E-state index contributed by atoms with van der Waals surface area (Å²) in [5.41, 5.74) is 1.25. The van der Waals surface area contributed by atoms with Gasteiger partial charge in [0.1, 0.15) is 6.54 Å². The number of likely N-dealkylation sites (tertiary alicyclic amines) is 2. The number of nitrogens with zero attached hydrogens (tertiary/aromatic N) is 3. The van der Waals surface area contributed by atoms with Crippen molar-refractivity contribution in [1.29, 1.82) is 0 Å². The monoisotopic (exact) mass is 355 g/mol. The second-order valence-corrected chi connectivity index (χ2v) is 7.01. The summed E-state index contributed by atoms with van der Waals surface area (Å²) in [6, 6.07) is 9.98. The fourth-order valence-electron chi connectivity index (χ4n) is 3.86. The lowest BCUT2D eigenvalue weighted by molar-refractivity contribution is -0.159. The Labute approximate surface area is 146 Å². The van der Waals surface area contributed by atoms with Gasteiger partial charge in [0.05, 0.1) is 6.04 Å². The largest absolute Gasteiger partial charge is 0.406 e. The summed E-state index contributed by atoms with van der Waals surface area (Å²) in [5, 5.41) is 0. The number of hydrogen-bond acceptors (Lipinski definition) is 3. The molecule has 2 saturated heterocycles. The summed E-state index contributed by atoms with van der Waals surface area (Å²) in [6.07, 6.45) is -2.92. The Morgan fingerprint density at radius 3 is 2.56 bits per heavy atom. The van der Waals surface area contributed by atoms with E-state index in [0.29, 0.717) is 6.42 Å². The standard InChI is InChI=1S/C18H24F3N3O/c1-22(16-8-10-24(17(16)25)13-18(19,20)21)15-7-9-23(12-15)11-14-5-3-2-4-6-14/h2-6,15-16H,7-13H2,1H3. The second-order valence-electron chi connectivity index (χ2n) is 7.01. The van der Waals surface area contributed by atoms with Crippen LogP contribution in [0.2, 0.25) is 0 Å². The maximum Gasteiger partial charge on any atom is 0.406 e. The number of amides is 1. The Kier molecular flexibility index (Phi) is 5.34. The van der Waals surface area contributed by atoms with E-state index in [1.165, 1.54) is 5.56 Å². The molecule has 1 amide bonds. The molecule has 1 aromatic rings. The van der Waals surface area contributed by atoms with E-state index in [9.17, 15) is 18.0 Å². The zero-order valence-corrected chi connectivity index (χ0v) is 14.4. The highest BCUT2D eigenvalue weighted by Gasteiger charge is 2.42. The predicted octanol–water partition coefficient (Wildman–Crippen LogP) is 2.36. The Morgan fingerprint density at radius 2 is 1.88 bits per heavy atom. The van der Waals surface area contributed by atoms with Crippen molar-refractivity contribution in [3.63, 3.8) is 0 Å². The summed E-state index contributed by atoms with van der Waals surface area (Å²) in [6.45, 7) is 1.70. The van der Waals surface area contributed by atoms with Crippen LogP contribution in [0.3, 0.4) is 0 Å². The van der Waals surface area contributed by atoms with Crippen LogP contribution in [0, 0.1) is 0 Å². The molecule has 1 aromatic carbocycles.